The van der Waals surface area contributed by atoms with Crippen LogP contribution < -0.4 is 24.6 Å². The van der Waals surface area contributed by atoms with E-state index in [-0.39, 0.29) is 6.10 Å². The van der Waals surface area contributed by atoms with E-state index in [0.29, 0.717) is 45.6 Å². The summed E-state index contributed by atoms with van der Waals surface area (Å²) in [4.78, 5) is 20.1. The zero-order valence-corrected chi connectivity index (χ0v) is 23.6. The van der Waals surface area contributed by atoms with Crippen molar-refractivity contribution in [2.24, 2.45) is 0 Å². The fourth-order valence-electron chi connectivity index (χ4n) is 4.60. The Morgan fingerprint density at radius 2 is 1.80 bits per heavy atom. The van der Waals surface area contributed by atoms with Crippen LogP contribution >= 0.6 is 0 Å². The van der Waals surface area contributed by atoms with Gasteiger partial charge in [-0.05, 0) is 50.1 Å². The Morgan fingerprint density at radius 1 is 1.05 bits per heavy atom. The second kappa shape index (κ2) is 11.1. The van der Waals surface area contributed by atoms with Crippen molar-refractivity contribution in [1.82, 2.24) is 19.9 Å². The summed E-state index contributed by atoms with van der Waals surface area (Å²) in [5.41, 5.74) is 4.33. The van der Waals surface area contributed by atoms with Crippen LogP contribution in [0.5, 0.6) is 5.75 Å². The van der Waals surface area contributed by atoms with Crippen LogP contribution in [0.2, 0.25) is 0 Å². The van der Waals surface area contributed by atoms with Gasteiger partial charge in [0, 0.05) is 50.0 Å². The first-order valence-corrected chi connectivity index (χ1v) is 14.6. The van der Waals surface area contributed by atoms with E-state index in [4.69, 9.17) is 9.72 Å². The molecule has 0 unspecified atom stereocenters. The molecule has 1 aliphatic heterocycles. The average Bonchev–Trinajstić information content (AvgIpc) is 2.94. The molecule has 3 N–H and O–H groups in total. The van der Waals surface area contributed by atoms with Crippen molar-refractivity contribution in [3.8, 4) is 5.75 Å². The lowest BCUT2D eigenvalue weighted by atomic mass is 10.1. The summed E-state index contributed by atoms with van der Waals surface area (Å²) in [7, 11) is -0.518. The highest BCUT2D eigenvalue weighted by molar-refractivity contribution is 7.92. The molecule has 40 heavy (non-hydrogen) atoms. The molecule has 210 valence electrons. The summed E-state index contributed by atoms with van der Waals surface area (Å²) < 4.78 is 31.8. The second-order valence-corrected chi connectivity index (χ2v) is 11.7. The molecule has 2 aromatic heterocycles. The van der Waals surface area contributed by atoms with Gasteiger partial charge in [-0.15, -0.1) is 0 Å². The van der Waals surface area contributed by atoms with Crippen LogP contribution in [0.1, 0.15) is 18.4 Å². The summed E-state index contributed by atoms with van der Waals surface area (Å²) in [6.45, 7) is 3.39. The molecule has 2 aromatic carbocycles. The Labute approximate surface area is 233 Å². The zero-order valence-electron chi connectivity index (χ0n) is 22.8. The van der Waals surface area contributed by atoms with Crippen molar-refractivity contribution in [1.29, 1.82) is 0 Å². The largest absolute Gasteiger partial charge is 0.495 e. The second-order valence-electron chi connectivity index (χ2n) is 9.69. The van der Waals surface area contributed by atoms with Crippen LogP contribution in [0.25, 0.3) is 11.0 Å². The summed E-state index contributed by atoms with van der Waals surface area (Å²) in [5.74, 6) is 1.45. The number of hydrogen-bond donors (Lipinski definition) is 3. The molecule has 13 heteroatoms. The summed E-state index contributed by atoms with van der Waals surface area (Å²) in [5, 5.41) is 16.4. The van der Waals surface area contributed by atoms with E-state index < -0.39 is 10.0 Å². The first-order valence-electron chi connectivity index (χ1n) is 12.8. The molecule has 0 saturated carbocycles. The van der Waals surface area contributed by atoms with Gasteiger partial charge in [-0.3, -0.25) is 14.3 Å². The molecular formula is C27H32N8O4S. The lowest BCUT2D eigenvalue weighted by Crippen LogP contribution is -2.35. The Bertz CT molecular complexity index is 1640. The van der Waals surface area contributed by atoms with Gasteiger partial charge in [-0.2, -0.15) is 4.98 Å². The van der Waals surface area contributed by atoms with Gasteiger partial charge in [0.1, 0.15) is 22.8 Å². The van der Waals surface area contributed by atoms with Crippen molar-refractivity contribution >= 4 is 55.6 Å². The summed E-state index contributed by atoms with van der Waals surface area (Å²) in [6.07, 6.45) is 7.09. The molecule has 3 heterocycles. The standard InChI is InChI=1S/C27H32N8O4S/c1-17-16-30-27(32-22-15-18(5-8-23(22)39-3)35-13-9-19(36)10-14-35)33-26(17)31-21-7-6-20-24(29-12-11-28-20)25(21)34(2)40(4,37)38/h5-8,11-12,15-16,19,36H,9-10,13-14H2,1-4H3,(H2,30,31,32,33). The maximum atomic E-state index is 12.5. The number of methoxy groups -OCH3 is 1. The fraction of sp³-hybridized carbons (Fsp3) is 0.333. The molecule has 0 spiro atoms. The summed E-state index contributed by atoms with van der Waals surface area (Å²) in [6, 6.07) is 9.39. The molecule has 0 amide bonds. The van der Waals surface area contributed by atoms with Gasteiger partial charge >= 0.3 is 0 Å². The number of anilines is 6. The van der Waals surface area contributed by atoms with Gasteiger partial charge < -0.3 is 25.4 Å². The molecular weight excluding hydrogens is 532 g/mol. The minimum atomic E-state index is -3.60. The van der Waals surface area contributed by atoms with Crippen molar-refractivity contribution < 1.29 is 18.3 Å². The predicted molar refractivity (Wildman–Crippen MR) is 157 cm³/mol. The molecule has 0 atom stereocenters. The lowest BCUT2D eigenvalue weighted by molar-refractivity contribution is 0.145. The number of nitrogens with one attached hydrogen (secondary N) is 2. The Kier molecular flexibility index (Phi) is 7.59. The van der Waals surface area contributed by atoms with Crippen LogP contribution in [-0.2, 0) is 10.0 Å². The zero-order chi connectivity index (χ0) is 28.4. The van der Waals surface area contributed by atoms with Crippen LogP contribution in [-0.4, -0.2) is 73.1 Å². The fourth-order valence-corrected chi connectivity index (χ4v) is 5.12. The number of hydrogen-bond acceptors (Lipinski definition) is 11. The van der Waals surface area contributed by atoms with Crippen molar-refractivity contribution in [2.45, 2.75) is 25.9 Å². The van der Waals surface area contributed by atoms with Crippen LogP contribution in [0.4, 0.5) is 34.5 Å². The predicted octanol–water partition coefficient (Wildman–Crippen LogP) is 3.58. The first kappa shape index (κ1) is 27.3. The smallest absolute Gasteiger partial charge is 0.232 e. The highest BCUT2D eigenvalue weighted by Crippen LogP contribution is 2.36. The normalized spacial score (nSPS) is 14.3. The molecule has 0 radical (unpaired) electrons. The number of fused-ring (bicyclic) bond motifs is 1. The third kappa shape index (κ3) is 5.70. The average molecular weight is 565 g/mol. The van der Waals surface area contributed by atoms with Crippen molar-refractivity contribution in [3.05, 3.63) is 54.5 Å². The maximum Gasteiger partial charge on any atom is 0.232 e. The Morgan fingerprint density at radius 3 is 2.52 bits per heavy atom. The minimum absolute atomic E-state index is 0.258. The molecule has 0 aliphatic carbocycles. The number of aromatic nitrogens is 4. The van der Waals surface area contributed by atoms with Crippen LogP contribution in [0.15, 0.2) is 48.9 Å². The number of ether oxygens (including phenoxy) is 1. The maximum absolute atomic E-state index is 12.5. The van der Waals surface area contributed by atoms with Gasteiger partial charge in [-0.1, -0.05) is 0 Å². The number of piperidine rings is 1. The summed E-state index contributed by atoms with van der Waals surface area (Å²) >= 11 is 0. The number of nitrogens with zero attached hydrogens (tertiary/aromatic N) is 6. The molecule has 1 aliphatic rings. The molecule has 0 bridgehead atoms. The number of aliphatic hydroxyl groups is 1. The Balaban J connectivity index is 1.48. The van der Waals surface area contributed by atoms with Gasteiger partial charge in [0.05, 0.1) is 36.4 Å². The molecule has 5 rings (SSSR count). The molecule has 12 nitrogen and oxygen atoms in total. The third-order valence-corrected chi connectivity index (χ3v) is 8.09. The molecule has 4 aromatic rings. The first-order chi connectivity index (χ1) is 19.1. The minimum Gasteiger partial charge on any atom is -0.495 e. The highest BCUT2D eigenvalue weighted by atomic mass is 32.2. The van der Waals surface area contributed by atoms with Crippen molar-refractivity contribution in [3.63, 3.8) is 0 Å². The van der Waals surface area contributed by atoms with Gasteiger partial charge in [0.15, 0.2) is 0 Å². The van der Waals surface area contributed by atoms with Crippen molar-refractivity contribution in [2.75, 3.05) is 53.3 Å². The molecule has 1 saturated heterocycles. The monoisotopic (exact) mass is 564 g/mol. The third-order valence-electron chi connectivity index (χ3n) is 6.91. The van der Waals surface area contributed by atoms with Crippen LogP contribution in [0.3, 0.4) is 0 Å². The SMILES string of the molecule is COc1ccc(N2CCC(O)CC2)cc1Nc1ncc(C)c(Nc2ccc3nccnc3c2N(C)S(C)(=O)=O)n1. The van der Waals surface area contributed by atoms with E-state index in [1.54, 1.807) is 31.6 Å². The van der Waals surface area contributed by atoms with Crippen LogP contribution in [0, 0.1) is 6.92 Å². The van der Waals surface area contributed by atoms with E-state index >= 15 is 0 Å². The molecule has 1 fully saturated rings. The quantitative estimate of drug-likeness (QED) is 0.289. The van der Waals surface area contributed by atoms with Gasteiger partial charge in [0.2, 0.25) is 16.0 Å². The van der Waals surface area contributed by atoms with E-state index in [1.165, 1.54) is 17.5 Å². The van der Waals surface area contributed by atoms with E-state index in [1.807, 2.05) is 25.1 Å². The van der Waals surface area contributed by atoms with Gasteiger partial charge in [-0.25, -0.2) is 13.4 Å². The van der Waals surface area contributed by atoms with Gasteiger partial charge in [0.25, 0.3) is 0 Å². The highest BCUT2D eigenvalue weighted by Gasteiger charge is 2.22. The number of benzene rings is 2. The Hall–Kier alpha value is -4.23. The lowest BCUT2D eigenvalue weighted by Gasteiger charge is -2.32. The number of rotatable bonds is 8. The van der Waals surface area contributed by atoms with E-state index in [0.717, 1.165) is 43.4 Å². The van der Waals surface area contributed by atoms with E-state index in [9.17, 15) is 13.5 Å². The number of aryl methyl sites for hydroxylation is 1. The number of sulfonamides is 1. The topological polar surface area (TPSA) is 146 Å². The number of aliphatic hydroxyl groups excluding tert-OH is 1. The van der Waals surface area contributed by atoms with E-state index in [2.05, 4.69) is 30.5 Å².